The lowest BCUT2D eigenvalue weighted by atomic mass is 10.3. The Morgan fingerprint density at radius 1 is 1.03 bits per heavy atom. The SMILES string of the molecule is CC(C)C.CCCC=Nc1c(C)ncnc1Nc1ccc(P(OCC)OCC)cc1. The molecule has 7 heteroatoms. The van der Waals surface area contributed by atoms with Crippen molar-refractivity contribution < 1.29 is 9.05 Å². The monoisotopic (exact) mass is 432 g/mol. The van der Waals surface area contributed by atoms with Crippen LogP contribution in [0.15, 0.2) is 35.6 Å². The number of aryl methyl sites for hydroxylation is 1. The van der Waals surface area contributed by atoms with Crippen LogP contribution >= 0.6 is 8.38 Å². The molecule has 0 saturated carbocycles. The molecule has 2 rings (SSSR count). The molecule has 6 nitrogen and oxygen atoms in total. The van der Waals surface area contributed by atoms with E-state index >= 15 is 0 Å². The molecule has 1 N–H and O–H groups in total. The van der Waals surface area contributed by atoms with Crippen LogP contribution in [0.25, 0.3) is 0 Å². The molecule has 0 aliphatic carbocycles. The van der Waals surface area contributed by atoms with Gasteiger partial charge in [0.05, 0.1) is 18.9 Å². The maximum atomic E-state index is 5.70. The Hall–Kier alpha value is -1.88. The van der Waals surface area contributed by atoms with Gasteiger partial charge in [0.25, 0.3) is 0 Å². The van der Waals surface area contributed by atoms with E-state index in [1.165, 1.54) is 0 Å². The fourth-order valence-electron chi connectivity index (χ4n) is 2.22. The lowest BCUT2D eigenvalue weighted by Gasteiger charge is -2.16. The van der Waals surface area contributed by atoms with E-state index in [1.807, 2.05) is 51.3 Å². The molecule has 166 valence electrons. The summed E-state index contributed by atoms with van der Waals surface area (Å²) in [4.78, 5) is 13.1. The fourth-order valence-corrected chi connectivity index (χ4v) is 3.46. The molecule has 1 aromatic heterocycles. The summed E-state index contributed by atoms with van der Waals surface area (Å²) in [6, 6.07) is 8.04. The molecule has 1 heterocycles. The second-order valence-corrected chi connectivity index (χ2v) is 8.80. The summed E-state index contributed by atoms with van der Waals surface area (Å²) in [7, 11) is -1.03. The minimum atomic E-state index is -1.03. The number of benzene rings is 1. The number of nitrogens with zero attached hydrogens (tertiary/aromatic N) is 3. The van der Waals surface area contributed by atoms with E-state index in [9.17, 15) is 0 Å². The Labute approximate surface area is 183 Å². The second kappa shape index (κ2) is 15.0. The van der Waals surface area contributed by atoms with Crippen LogP contribution in [0.4, 0.5) is 17.2 Å². The van der Waals surface area contributed by atoms with Crippen molar-refractivity contribution in [2.75, 3.05) is 18.5 Å². The predicted octanol–water partition coefficient (Wildman–Crippen LogP) is 6.70. The first-order chi connectivity index (χ1) is 14.4. The van der Waals surface area contributed by atoms with Gasteiger partial charge in [-0.05, 0) is 57.4 Å². The summed E-state index contributed by atoms with van der Waals surface area (Å²) in [5, 5.41) is 4.38. The molecule has 0 saturated heterocycles. The summed E-state index contributed by atoms with van der Waals surface area (Å²) in [5.74, 6) is 1.54. The van der Waals surface area contributed by atoms with Crippen LogP contribution in [0.3, 0.4) is 0 Å². The minimum absolute atomic E-state index is 0.630. The van der Waals surface area contributed by atoms with Crippen molar-refractivity contribution in [3.8, 4) is 0 Å². The van der Waals surface area contributed by atoms with E-state index in [-0.39, 0.29) is 0 Å². The second-order valence-electron chi connectivity index (χ2n) is 7.25. The Bertz CT molecular complexity index is 743. The molecule has 0 amide bonds. The standard InChI is InChI=1S/C19H27N4O2P.C4H10/c1-5-8-13-20-18-15(4)21-14-22-19(18)23-16-9-11-17(12-10-16)26(24-6-2)25-7-3;1-4(2)3/h9-14H,5-8H2,1-4H3,(H,21,22,23);4H,1-3H3. The molecule has 0 bridgehead atoms. The van der Waals surface area contributed by atoms with Crippen molar-refractivity contribution in [3.63, 3.8) is 0 Å². The molecule has 0 atom stereocenters. The highest BCUT2D eigenvalue weighted by Gasteiger charge is 2.13. The molecule has 0 aliphatic heterocycles. The van der Waals surface area contributed by atoms with E-state index in [0.717, 1.165) is 41.1 Å². The highest BCUT2D eigenvalue weighted by molar-refractivity contribution is 7.56. The quantitative estimate of drug-likeness (QED) is 0.334. The third-order valence-corrected chi connectivity index (χ3v) is 5.18. The Balaban J connectivity index is 0.00000103. The highest BCUT2D eigenvalue weighted by Crippen LogP contribution is 2.37. The average Bonchev–Trinajstić information content (AvgIpc) is 2.70. The summed E-state index contributed by atoms with van der Waals surface area (Å²) >= 11 is 0. The van der Waals surface area contributed by atoms with Crippen LogP contribution in [0, 0.1) is 12.8 Å². The van der Waals surface area contributed by atoms with Crippen molar-refractivity contribution in [2.45, 2.75) is 61.3 Å². The van der Waals surface area contributed by atoms with Gasteiger partial charge in [-0.2, -0.15) is 0 Å². The zero-order chi connectivity index (χ0) is 22.4. The van der Waals surface area contributed by atoms with Gasteiger partial charge in [-0.3, -0.25) is 4.99 Å². The fraction of sp³-hybridized carbons (Fsp3) is 0.522. The van der Waals surface area contributed by atoms with Crippen molar-refractivity contribution in [1.82, 2.24) is 9.97 Å². The van der Waals surface area contributed by atoms with Gasteiger partial charge >= 0.3 is 0 Å². The van der Waals surface area contributed by atoms with Crippen molar-refractivity contribution in [3.05, 3.63) is 36.3 Å². The first-order valence-corrected chi connectivity index (χ1v) is 11.9. The summed E-state index contributed by atoms with van der Waals surface area (Å²) < 4.78 is 11.4. The minimum Gasteiger partial charge on any atom is -0.338 e. The van der Waals surface area contributed by atoms with Gasteiger partial charge in [-0.15, -0.1) is 0 Å². The number of aromatic nitrogens is 2. The summed E-state index contributed by atoms with van der Waals surface area (Å²) in [5.41, 5.74) is 2.56. The molecule has 30 heavy (non-hydrogen) atoms. The molecular formula is C23H37N4O2P. The van der Waals surface area contributed by atoms with Gasteiger partial charge in [0, 0.05) is 17.2 Å². The number of hydrogen-bond donors (Lipinski definition) is 1. The molecule has 0 radical (unpaired) electrons. The van der Waals surface area contributed by atoms with Crippen LogP contribution in [0.5, 0.6) is 0 Å². The number of hydrogen-bond acceptors (Lipinski definition) is 6. The van der Waals surface area contributed by atoms with Gasteiger partial charge in [-0.25, -0.2) is 9.97 Å². The van der Waals surface area contributed by atoms with Crippen LogP contribution in [-0.2, 0) is 9.05 Å². The smallest absolute Gasteiger partial charge is 0.205 e. The summed E-state index contributed by atoms with van der Waals surface area (Å²) in [6.07, 6.45) is 5.45. The van der Waals surface area contributed by atoms with Crippen molar-refractivity contribution >= 4 is 37.1 Å². The van der Waals surface area contributed by atoms with Crippen LogP contribution in [0.1, 0.15) is 60.1 Å². The van der Waals surface area contributed by atoms with Gasteiger partial charge in [0.1, 0.15) is 12.0 Å². The van der Waals surface area contributed by atoms with Gasteiger partial charge < -0.3 is 14.4 Å². The molecule has 2 aromatic rings. The Kier molecular flexibility index (Phi) is 13.1. The normalized spacial score (nSPS) is 11.1. The molecular weight excluding hydrogens is 395 g/mol. The van der Waals surface area contributed by atoms with E-state index in [0.29, 0.717) is 19.0 Å². The molecule has 0 fully saturated rings. The molecule has 0 unspecified atom stereocenters. The number of nitrogens with one attached hydrogen (secondary N) is 1. The lowest BCUT2D eigenvalue weighted by molar-refractivity contribution is 0.277. The zero-order valence-electron chi connectivity index (χ0n) is 19.5. The molecule has 1 aromatic carbocycles. The highest BCUT2D eigenvalue weighted by atomic mass is 31.2. The van der Waals surface area contributed by atoms with E-state index in [1.54, 1.807) is 6.33 Å². The average molecular weight is 433 g/mol. The molecule has 0 spiro atoms. The largest absolute Gasteiger partial charge is 0.338 e. The van der Waals surface area contributed by atoms with E-state index in [2.05, 4.69) is 48.0 Å². The lowest BCUT2D eigenvalue weighted by Crippen LogP contribution is -2.06. The number of unbranched alkanes of at least 4 members (excludes halogenated alkanes) is 1. The first-order valence-electron chi connectivity index (χ1n) is 10.7. The van der Waals surface area contributed by atoms with Crippen LogP contribution in [0.2, 0.25) is 0 Å². The Morgan fingerprint density at radius 3 is 2.17 bits per heavy atom. The van der Waals surface area contributed by atoms with Gasteiger partial charge in [0.2, 0.25) is 8.38 Å². The zero-order valence-corrected chi connectivity index (χ0v) is 20.4. The van der Waals surface area contributed by atoms with Gasteiger partial charge in [0.15, 0.2) is 5.82 Å². The van der Waals surface area contributed by atoms with E-state index < -0.39 is 8.38 Å². The number of rotatable bonds is 10. The van der Waals surface area contributed by atoms with Crippen molar-refractivity contribution in [2.24, 2.45) is 10.9 Å². The van der Waals surface area contributed by atoms with E-state index in [4.69, 9.17) is 9.05 Å². The number of anilines is 2. The maximum absolute atomic E-state index is 5.70. The number of aliphatic imine (C=N–C) groups is 1. The van der Waals surface area contributed by atoms with Gasteiger partial charge in [-0.1, -0.05) is 34.1 Å². The van der Waals surface area contributed by atoms with Crippen LogP contribution < -0.4 is 10.6 Å². The maximum Gasteiger partial charge on any atom is 0.205 e. The topological polar surface area (TPSA) is 68.6 Å². The predicted molar refractivity (Wildman–Crippen MR) is 130 cm³/mol. The van der Waals surface area contributed by atoms with Crippen LogP contribution in [-0.4, -0.2) is 29.4 Å². The summed E-state index contributed by atoms with van der Waals surface area (Å²) in [6.45, 7) is 15.8. The first kappa shape index (κ1) is 26.2. The van der Waals surface area contributed by atoms with Crippen molar-refractivity contribution in [1.29, 1.82) is 0 Å². The third-order valence-electron chi connectivity index (χ3n) is 3.48. The third kappa shape index (κ3) is 9.75. The molecule has 0 aliphatic rings. The Morgan fingerprint density at radius 2 is 1.63 bits per heavy atom.